The summed E-state index contributed by atoms with van der Waals surface area (Å²) >= 11 is 1.53. The number of furan rings is 1. The van der Waals surface area contributed by atoms with Crippen molar-refractivity contribution in [2.75, 3.05) is 6.61 Å². The number of nitrogens with one attached hydrogen (secondary N) is 1. The zero-order chi connectivity index (χ0) is 20.9. The van der Waals surface area contributed by atoms with Crippen LogP contribution in [0.15, 0.2) is 76.7 Å². The molecule has 3 heterocycles. The molecule has 0 aliphatic rings. The van der Waals surface area contributed by atoms with Crippen LogP contribution in [0.4, 0.5) is 0 Å². The van der Waals surface area contributed by atoms with Gasteiger partial charge in [-0.15, -0.1) is 11.3 Å². The highest BCUT2D eigenvalue weighted by Gasteiger charge is 2.21. The number of para-hydroxylation sites is 1. The van der Waals surface area contributed by atoms with Gasteiger partial charge in [0.1, 0.15) is 11.5 Å². The van der Waals surface area contributed by atoms with Crippen LogP contribution >= 0.6 is 11.3 Å². The van der Waals surface area contributed by atoms with Crippen molar-refractivity contribution in [2.45, 2.75) is 13.0 Å². The van der Waals surface area contributed by atoms with Crippen molar-refractivity contribution in [3.63, 3.8) is 0 Å². The lowest BCUT2D eigenvalue weighted by Crippen LogP contribution is -2.31. The fourth-order valence-electron chi connectivity index (χ4n) is 2.93. The van der Waals surface area contributed by atoms with E-state index >= 15 is 0 Å². The maximum absolute atomic E-state index is 12.8. The molecule has 7 nitrogen and oxygen atoms in total. The first-order valence-electron chi connectivity index (χ1n) is 9.31. The first-order valence-corrected chi connectivity index (χ1v) is 10.2. The van der Waals surface area contributed by atoms with Crippen LogP contribution in [0, 0.1) is 0 Å². The fraction of sp³-hybridized carbons (Fsp3) is 0.136. The summed E-state index contributed by atoms with van der Waals surface area (Å²) in [7, 11) is 0. The van der Waals surface area contributed by atoms with Gasteiger partial charge >= 0.3 is 5.97 Å². The molecule has 0 aliphatic heterocycles. The van der Waals surface area contributed by atoms with Gasteiger partial charge in [0.15, 0.2) is 12.3 Å². The number of esters is 1. The maximum Gasteiger partial charge on any atom is 0.357 e. The molecule has 4 aromatic rings. The van der Waals surface area contributed by atoms with E-state index in [0.717, 1.165) is 10.6 Å². The number of carbonyl (C=O) groups is 2. The predicted molar refractivity (Wildman–Crippen MR) is 112 cm³/mol. The second kappa shape index (κ2) is 8.79. The average molecular weight is 421 g/mol. The van der Waals surface area contributed by atoms with E-state index in [4.69, 9.17) is 9.15 Å². The van der Waals surface area contributed by atoms with Gasteiger partial charge in [0.05, 0.1) is 22.9 Å². The Kier molecular flexibility index (Phi) is 5.76. The van der Waals surface area contributed by atoms with Gasteiger partial charge in [-0.3, -0.25) is 4.79 Å². The first-order chi connectivity index (χ1) is 14.6. The van der Waals surface area contributed by atoms with Gasteiger partial charge in [-0.25, -0.2) is 9.48 Å². The normalized spacial score (nSPS) is 11.8. The Hall–Kier alpha value is -3.65. The molecule has 0 saturated carbocycles. The quantitative estimate of drug-likeness (QED) is 0.451. The van der Waals surface area contributed by atoms with Crippen LogP contribution in [0.2, 0.25) is 0 Å². The number of nitrogens with zero attached hydrogens (tertiary/aromatic N) is 2. The molecule has 152 valence electrons. The van der Waals surface area contributed by atoms with Gasteiger partial charge in [-0.1, -0.05) is 24.3 Å². The summed E-state index contributed by atoms with van der Waals surface area (Å²) in [5.74, 6) is -0.427. The van der Waals surface area contributed by atoms with Crippen molar-refractivity contribution < 1.29 is 18.7 Å². The maximum atomic E-state index is 12.8. The van der Waals surface area contributed by atoms with E-state index in [2.05, 4.69) is 10.4 Å². The molecular weight excluding hydrogens is 402 g/mol. The number of amides is 1. The van der Waals surface area contributed by atoms with Crippen molar-refractivity contribution in [1.82, 2.24) is 15.1 Å². The molecule has 1 amide bonds. The van der Waals surface area contributed by atoms with Crippen molar-refractivity contribution in [3.05, 3.63) is 83.8 Å². The Morgan fingerprint density at radius 1 is 1.17 bits per heavy atom. The largest absolute Gasteiger partial charge is 0.467 e. The van der Waals surface area contributed by atoms with E-state index in [9.17, 15) is 9.59 Å². The summed E-state index contributed by atoms with van der Waals surface area (Å²) in [6, 6.07) is 18.0. The molecule has 0 aliphatic carbocycles. The van der Waals surface area contributed by atoms with E-state index in [1.165, 1.54) is 22.3 Å². The van der Waals surface area contributed by atoms with Crippen LogP contribution in [0.1, 0.15) is 29.2 Å². The molecule has 3 aromatic heterocycles. The number of aromatic nitrogens is 2. The fourth-order valence-corrected chi connectivity index (χ4v) is 3.62. The van der Waals surface area contributed by atoms with Crippen LogP contribution in [0.25, 0.3) is 16.3 Å². The minimum Gasteiger partial charge on any atom is -0.467 e. The van der Waals surface area contributed by atoms with E-state index in [-0.39, 0.29) is 11.7 Å². The average Bonchev–Trinajstić information content (AvgIpc) is 3.53. The van der Waals surface area contributed by atoms with E-state index in [1.54, 1.807) is 25.1 Å². The Labute approximate surface area is 176 Å². The summed E-state index contributed by atoms with van der Waals surface area (Å²) in [5.41, 5.74) is 1.64. The molecule has 0 radical (unpaired) electrons. The van der Waals surface area contributed by atoms with Gasteiger partial charge in [0, 0.05) is 6.07 Å². The topological polar surface area (TPSA) is 86.4 Å². The second-order valence-electron chi connectivity index (χ2n) is 6.52. The summed E-state index contributed by atoms with van der Waals surface area (Å²) in [6.07, 6.45) is 1.54. The Morgan fingerprint density at radius 3 is 2.70 bits per heavy atom. The standard InChI is InChI=1S/C22H19N3O4S/c1-15(19-9-5-11-28-19)23-21(26)14-29-22(27)18-13-17(20-10-6-12-30-20)24-25(18)16-7-3-2-4-8-16/h2-13,15H,14H2,1H3,(H,23,26). The Balaban J connectivity index is 1.49. The predicted octanol–water partition coefficient (Wildman–Crippen LogP) is 4.23. The van der Waals surface area contributed by atoms with E-state index in [0.29, 0.717) is 11.5 Å². The molecule has 1 N–H and O–H groups in total. The van der Waals surface area contributed by atoms with Gasteiger partial charge in [0.25, 0.3) is 5.91 Å². The van der Waals surface area contributed by atoms with E-state index < -0.39 is 18.5 Å². The van der Waals surface area contributed by atoms with Gasteiger partial charge in [0.2, 0.25) is 0 Å². The number of hydrogen-bond acceptors (Lipinski definition) is 6. The molecule has 1 unspecified atom stereocenters. The molecule has 8 heteroatoms. The third-order valence-electron chi connectivity index (χ3n) is 4.37. The van der Waals surface area contributed by atoms with Gasteiger partial charge in [-0.2, -0.15) is 5.10 Å². The molecular formula is C22H19N3O4S. The first kappa shape index (κ1) is 19.7. The van der Waals surface area contributed by atoms with Crippen LogP contribution in [0.3, 0.4) is 0 Å². The van der Waals surface area contributed by atoms with Crippen molar-refractivity contribution >= 4 is 23.2 Å². The summed E-state index contributed by atoms with van der Waals surface area (Å²) in [6.45, 7) is 1.38. The van der Waals surface area contributed by atoms with Crippen molar-refractivity contribution in [2.24, 2.45) is 0 Å². The van der Waals surface area contributed by atoms with Crippen molar-refractivity contribution in [1.29, 1.82) is 0 Å². The van der Waals surface area contributed by atoms with Crippen molar-refractivity contribution in [3.8, 4) is 16.3 Å². The minimum atomic E-state index is -0.630. The van der Waals surface area contributed by atoms with Gasteiger partial charge in [-0.05, 0) is 42.6 Å². The number of thiophene rings is 1. The number of hydrogen-bond donors (Lipinski definition) is 1. The van der Waals surface area contributed by atoms with Crippen LogP contribution in [-0.4, -0.2) is 28.3 Å². The third-order valence-corrected chi connectivity index (χ3v) is 5.27. The van der Waals surface area contributed by atoms with Crippen LogP contribution in [0.5, 0.6) is 0 Å². The minimum absolute atomic E-state index is 0.247. The zero-order valence-electron chi connectivity index (χ0n) is 16.1. The zero-order valence-corrected chi connectivity index (χ0v) is 17.0. The molecule has 0 saturated heterocycles. The number of benzene rings is 1. The molecule has 4 rings (SSSR count). The molecule has 1 atom stereocenters. The molecule has 0 spiro atoms. The molecule has 30 heavy (non-hydrogen) atoms. The molecule has 0 fully saturated rings. The lowest BCUT2D eigenvalue weighted by Gasteiger charge is -2.12. The summed E-state index contributed by atoms with van der Waals surface area (Å²) in [4.78, 5) is 25.9. The highest BCUT2D eigenvalue weighted by atomic mass is 32.1. The molecule has 1 aromatic carbocycles. The molecule has 0 bridgehead atoms. The van der Waals surface area contributed by atoms with Gasteiger partial charge < -0.3 is 14.5 Å². The highest BCUT2D eigenvalue weighted by molar-refractivity contribution is 7.13. The SMILES string of the molecule is CC(NC(=O)COC(=O)c1cc(-c2cccs2)nn1-c1ccccc1)c1ccco1. The number of carbonyl (C=O) groups excluding carboxylic acids is 2. The third kappa shape index (κ3) is 4.33. The van der Waals surface area contributed by atoms with Crippen LogP contribution < -0.4 is 5.32 Å². The lowest BCUT2D eigenvalue weighted by atomic mass is 10.2. The Bertz CT molecular complexity index is 1120. The second-order valence-corrected chi connectivity index (χ2v) is 7.47. The summed E-state index contributed by atoms with van der Waals surface area (Å²) < 4.78 is 12.1. The lowest BCUT2D eigenvalue weighted by molar-refractivity contribution is -0.125. The van der Waals surface area contributed by atoms with Crippen LogP contribution in [-0.2, 0) is 9.53 Å². The monoisotopic (exact) mass is 421 g/mol. The Morgan fingerprint density at radius 2 is 2.00 bits per heavy atom. The number of rotatable bonds is 7. The smallest absolute Gasteiger partial charge is 0.357 e. The highest BCUT2D eigenvalue weighted by Crippen LogP contribution is 2.26. The van der Waals surface area contributed by atoms with E-state index in [1.807, 2.05) is 47.8 Å². The number of ether oxygens (including phenoxy) is 1. The summed E-state index contributed by atoms with van der Waals surface area (Å²) in [5, 5.41) is 9.24.